The van der Waals surface area contributed by atoms with Gasteiger partial charge in [0, 0.05) is 12.4 Å². The molecular formula is C18H33NaO7S. The summed E-state index contributed by atoms with van der Waals surface area (Å²) >= 11 is 0. The third-order valence-electron chi connectivity index (χ3n) is 4.22. The van der Waals surface area contributed by atoms with Crippen LogP contribution >= 0.6 is 0 Å². The van der Waals surface area contributed by atoms with Gasteiger partial charge in [0.05, 0.1) is 6.61 Å². The first-order valence-electron chi connectivity index (χ1n) is 9.61. The molecule has 1 N–H and O–H groups in total. The van der Waals surface area contributed by atoms with Gasteiger partial charge >= 0.3 is 35.5 Å². The molecule has 0 bridgehead atoms. The van der Waals surface area contributed by atoms with Crippen molar-refractivity contribution in [2.75, 3.05) is 6.61 Å². The fourth-order valence-corrected chi connectivity index (χ4v) is 3.33. The van der Waals surface area contributed by atoms with Crippen LogP contribution in [0.2, 0.25) is 0 Å². The second-order valence-corrected chi connectivity index (χ2v) is 8.24. The molecule has 0 fully saturated rings. The van der Waals surface area contributed by atoms with E-state index in [1.165, 1.54) is 51.4 Å². The molecule has 0 amide bonds. The molecule has 7 nitrogen and oxygen atoms in total. The maximum Gasteiger partial charge on any atom is 1.00 e. The molecule has 27 heavy (non-hydrogen) atoms. The van der Waals surface area contributed by atoms with Crippen molar-refractivity contribution < 1.29 is 62.0 Å². The maximum absolute atomic E-state index is 11.6. The molecular weight excluding hydrogens is 383 g/mol. The molecule has 0 spiro atoms. The number of unbranched alkanes of at least 4 members (excludes halogenated alkanes) is 11. The van der Waals surface area contributed by atoms with Crippen LogP contribution in [-0.2, 0) is 24.4 Å². The SMILES string of the molecule is CCCCCCCCCCCCCCOC(=O)C(CC(=O)[O-])S(=O)(=O)O.[Na+]. The van der Waals surface area contributed by atoms with Gasteiger partial charge in [-0.2, -0.15) is 8.42 Å². The molecule has 0 radical (unpaired) electrons. The number of esters is 1. The normalized spacial score (nSPS) is 12.2. The number of aliphatic carboxylic acids is 1. The summed E-state index contributed by atoms with van der Waals surface area (Å²) in [7, 11) is -4.82. The summed E-state index contributed by atoms with van der Waals surface area (Å²) < 4.78 is 35.6. The van der Waals surface area contributed by atoms with Crippen molar-refractivity contribution in [3.8, 4) is 0 Å². The van der Waals surface area contributed by atoms with Gasteiger partial charge < -0.3 is 14.6 Å². The van der Waals surface area contributed by atoms with Crippen molar-refractivity contribution in [2.45, 2.75) is 95.6 Å². The zero-order chi connectivity index (χ0) is 19.8. The Morgan fingerprint density at radius 2 is 1.30 bits per heavy atom. The second kappa shape index (κ2) is 17.9. The number of ether oxygens (including phenoxy) is 1. The van der Waals surface area contributed by atoms with Crippen molar-refractivity contribution in [1.29, 1.82) is 0 Å². The summed E-state index contributed by atoms with van der Waals surface area (Å²) in [5, 5.41) is 8.33. The average molecular weight is 417 g/mol. The molecule has 9 heteroatoms. The summed E-state index contributed by atoms with van der Waals surface area (Å²) in [5.41, 5.74) is 0. The first-order chi connectivity index (χ1) is 12.3. The van der Waals surface area contributed by atoms with E-state index in [9.17, 15) is 23.1 Å². The maximum atomic E-state index is 11.6. The van der Waals surface area contributed by atoms with Crippen LogP contribution in [-0.4, -0.2) is 36.8 Å². The zero-order valence-corrected chi connectivity index (χ0v) is 19.6. The Balaban J connectivity index is 0. The molecule has 154 valence electrons. The van der Waals surface area contributed by atoms with E-state index in [2.05, 4.69) is 6.92 Å². The molecule has 0 aromatic heterocycles. The van der Waals surface area contributed by atoms with E-state index in [1.807, 2.05) is 0 Å². The van der Waals surface area contributed by atoms with E-state index in [4.69, 9.17) is 9.29 Å². The number of rotatable bonds is 17. The third kappa shape index (κ3) is 17.7. The molecule has 0 rings (SSSR count). The molecule has 0 heterocycles. The molecule has 0 aliphatic carbocycles. The van der Waals surface area contributed by atoms with E-state index >= 15 is 0 Å². The van der Waals surface area contributed by atoms with E-state index in [1.54, 1.807) is 0 Å². The smallest absolute Gasteiger partial charge is 0.550 e. The van der Waals surface area contributed by atoms with Crippen molar-refractivity contribution in [3.05, 3.63) is 0 Å². The fraction of sp³-hybridized carbons (Fsp3) is 0.889. The largest absolute Gasteiger partial charge is 1.00 e. The van der Waals surface area contributed by atoms with Crippen LogP contribution in [0.25, 0.3) is 0 Å². The summed E-state index contributed by atoms with van der Waals surface area (Å²) in [6.07, 6.45) is 12.7. The van der Waals surface area contributed by atoms with E-state index in [0.29, 0.717) is 6.42 Å². The van der Waals surface area contributed by atoms with Crippen LogP contribution in [0, 0.1) is 0 Å². The monoisotopic (exact) mass is 416 g/mol. The summed E-state index contributed by atoms with van der Waals surface area (Å²) in [4.78, 5) is 22.0. The van der Waals surface area contributed by atoms with Gasteiger partial charge in [0.25, 0.3) is 10.1 Å². The summed E-state index contributed by atoms with van der Waals surface area (Å²) in [5.74, 6) is -2.99. The van der Waals surface area contributed by atoms with Crippen LogP contribution in [0.5, 0.6) is 0 Å². The van der Waals surface area contributed by atoms with Gasteiger partial charge in [-0.1, -0.05) is 77.6 Å². The first kappa shape index (κ1) is 29.1. The number of hydrogen-bond acceptors (Lipinski definition) is 6. The molecule has 0 saturated carbocycles. The Kier molecular flexibility index (Phi) is 19.3. The van der Waals surface area contributed by atoms with Crippen LogP contribution in [0.3, 0.4) is 0 Å². The zero-order valence-electron chi connectivity index (χ0n) is 16.8. The molecule has 0 saturated heterocycles. The number of hydrogen-bond donors (Lipinski definition) is 1. The number of carbonyl (C=O) groups is 2. The molecule has 1 unspecified atom stereocenters. The molecule has 1 atom stereocenters. The van der Waals surface area contributed by atoms with Gasteiger partial charge in [0.2, 0.25) is 0 Å². The Labute approximate surface area is 185 Å². The van der Waals surface area contributed by atoms with Crippen molar-refractivity contribution >= 4 is 22.1 Å². The van der Waals surface area contributed by atoms with Gasteiger partial charge in [0.1, 0.15) is 0 Å². The first-order valence-corrected chi connectivity index (χ1v) is 11.1. The van der Waals surface area contributed by atoms with Gasteiger partial charge in [-0.25, -0.2) is 0 Å². The Bertz CT molecular complexity index is 494. The summed E-state index contributed by atoms with van der Waals surface area (Å²) in [6.45, 7) is 2.22. The second-order valence-electron chi connectivity index (χ2n) is 6.64. The molecule has 0 aliphatic rings. The average Bonchev–Trinajstić information content (AvgIpc) is 2.55. The van der Waals surface area contributed by atoms with Crippen LogP contribution in [0.1, 0.15) is 90.4 Å². The van der Waals surface area contributed by atoms with Gasteiger partial charge in [0.15, 0.2) is 5.25 Å². The molecule has 0 aliphatic heterocycles. The number of carboxylic acids is 1. The Hall–Kier alpha value is -0.150. The Morgan fingerprint density at radius 3 is 1.67 bits per heavy atom. The predicted octanol–water partition coefficient (Wildman–Crippen LogP) is -0.369. The predicted molar refractivity (Wildman–Crippen MR) is 97.0 cm³/mol. The van der Waals surface area contributed by atoms with Crippen molar-refractivity contribution in [2.24, 2.45) is 0 Å². The summed E-state index contributed by atoms with van der Waals surface area (Å²) in [6, 6.07) is 0. The Morgan fingerprint density at radius 1 is 0.889 bits per heavy atom. The topological polar surface area (TPSA) is 121 Å². The minimum atomic E-state index is -4.82. The van der Waals surface area contributed by atoms with E-state index < -0.39 is 33.7 Å². The minimum absolute atomic E-state index is 0. The van der Waals surface area contributed by atoms with Gasteiger partial charge in [-0.15, -0.1) is 0 Å². The fourth-order valence-electron chi connectivity index (χ4n) is 2.67. The third-order valence-corrected chi connectivity index (χ3v) is 5.29. The van der Waals surface area contributed by atoms with E-state index in [0.717, 1.165) is 19.3 Å². The van der Waals surface area contributed by atoms with Crippen molar-refractivity contribution in [1.82, 2.24) is 0 Å². The van der Waals surface area contributed by atoms with E-state index in [-0.39, 0.29) is 36.2 Å². The number of carbonyl (C=O) groups excluding carboxylic acids is 2. The molecule has 0 aromatic carbocycles. The molecule has 0 aromatic rings. The number of carboxylic acid groups (broad SMARTS) is 1. The van der Waals surface area contributed by atoms with Crippen LogP contribution in [0.4, 0.5) is 0 Å². The van der Waals surface area contributed by atoms with Gasteiger partial charge in [-0.3, -0.25) is 9.35 Å². The standard InChI is InChI=1S/C18H34O7S.Na/c1-2-3-4-5-6-7-8-9-10-11-12-13-14-25-18(21)16(15-17(19)20)26(22,23)24;/h16H,2-15H2,1H3,(H,19,20)(H,22,23,24);/q;+1/p-1. The minimum Gasteiger partial charge on any atom is -0.550 e. The van der Waals surface area contributed by atoms with Crippen LogP contribution in [0.15, 0.2) is 0 Å². The van der Waals surface area contributed by atoms with Gasteiger partial charge in [-0.05, 0) is 6.42 Å². The van der Waals surface area contributed by atoms with Crippen LogP contribution < -0.4 is 34.7 Å². The quantitative estimate of drug-likeness (QED) is 0.149. The van der Waals surface area contributed by atoms with Crippen molar-refractivity contribution in [3.63, 3.8) is 0 Å².